The van der Waals surface area contributed by atoms with Crippen LogP contribution in [0.3, 0.4) is 0 Å². The van der Waals surface area contributed by atoms with E-state index >= 15 is 0 Å². The van der Waals surface area contributed by atoms with Crippen LogP contribution in [0.2, 0.25) is 0 Å². The summed E-state index contributed by atoms with van der Waals surface area (Å²) < 4.78 is 5.44. The fourth-order valence-corrected chi connectivity index (χ4v) is 4.81. The number of carbonyl (C=O) groups excluding carboxylic acids is 1. The first-order valence-corrected chi connectivity index (χ1v) is 11.5. The van der Waals surface area contributed by atoms with Gasteiger partial charge in [-0.1, -0.05) is 31.5 Å². The molecule has 1 atom stereocenters. The molecule has 1 aliphatic carbocycles. The predicted molar refractivity (Wildman–Crippen MR) is 117 cm³/mol. The fraction of sp³-hybridized carbons (Fsp3) is 0.565. The van der Waals surface area contributed by atoms with Crippen LogP contribution >= 0.6 is 11.3 Å². The van der Waals surface area contributed by atoms with E-state index in [2.05, 4.69) is 5.16 Å². The van der Waals surface area contributed by atoms with Crippen molar-refractivity contribution < 1.29 is 19.5 Å². The minimum Gasteiger partial charge on any atom is -0.511 e. The number of allylic oxidation sites excluding steroid dienone is 3. The van der Waals surface area contributed by atoms with E-state index in [0.717, 1.165) is 43.8 Å². The molecule has 1 saturated heterocycles. The molecule has 0 spiro atoms. The molecule has 0 aromatic carbocycles. The van der Waals surface area contributed by atoms with Crippen molar-refractivity contribution in [3.05, 3.63) is 39.8 Å². The Morgan fingerprint density at radius 2 is 2.10 bits per heavy atom. The molecular weight excluding hydrogens is 386 g/mol. The molecule has 6 heteroatoms. The van der Waals surface area contributed by atoms with Crippen LogP contribution in [0.25, 0.3) is 5.76 Å². The Balaban J connectivity index is 1.80. The maximum atomic E-state index is 13.0. The summed E-state index contributed by atoms with van der Waals surface area (Å²) in [4.78, 5) is 19.8. The van der Waals surface area contributed by atoms with Crippen molar-refractivity contribution in [1.29, 1.82) is 0 Å². The normalized spacial score (nSPS) is 22.3. The number of thiophene rings is 1. The van der Waals surface area contributed by atoms with Gasteiger partial charge in [-0.25, -0.2) is 0 Å². The third-order valence-electron chi connectivity index (χ3n) is 5.59. The Labute approximate surface area is 177 Å². The molecule has 0 bridgehead atoms. The first-order chi connectivity index (χ1) is 14.1. The lowest BCUT2D eigenvalue weighted by atomic mass is 9.75. The molecular formula is C23H31NO4S. The van der Waals surface area contributed by atoms with Crippen LogP contribution in [-0.4, -0.2) is 29.8 Å². The van der Waals surface area contributed by atoms with E-state index in [4.69, 9.17) is 9.57 Å². The van der Waals surface area contributed by atoms with Gasteiger partial charge in [0.05, 0.1) is 16.2 Å². The Bertz CT molecular complexity index is 773. The molecule has 1 aliphatic heterocycles. The summed E-state index contributed by atoms with van der Waals surface area (Å²) in [6.45, 7) is 5.58. The number of Topliss-reactive ketones (excluding diaryl/α,β-unsaturated/α-hetero) is 1. The van der Waals surface area contributed by atoms with Crippen molar-refractivity contribution in [3.8, 4) is 0 Å². The molecule has 3 rings (SSSR count). The van der Waals surface area contributed by atoms with Gasteiger partial charge in [-0.15, -0.1) is 11.3 Å². The van der Waals surface area contributed by atoms with Crippen LogP contribution in [0.5, 0.6) is 0 Å². The van der Waals surface area contributed by atoms with Gasteiger partial charge >= 0.3 is 0 Å². The van der Waals surface area contributed by atoms with Crippen LogP contribution < -0.4 is 0 Å². The quantitative estimate of drug-likeness (QED) is 0.325. The van der Waals surface area contributed by atoms with Crippen molar-refractivity contribution in [1.82, 2.24) is 0 Å². The minimum atomic E-state index is -0.0156. The van der Waals surface area contributed by atoms with Gasteiger partial charge in [0.25, 0.3) is 0 Å². The van der Waals surface area contributed by atoms with Gasteiger partial charge in [-0.3, -0.25) is 4.79 Å². The molecule has 1 unspecified atom stereocenters. The molecule has 1 aromatic heterocycles. The maximum Gasteiger partial charge on any atom is 0.171 e. The molecule has 29 heavy (non-hydrogen) atoms. The van der Waals surface area contributed by atoms with Gasteiger partial charge in [-0.05, 0) is 55.0 Å². The first kappa shape index (κ1) is 21.8. The number of ketones is 1. The Kier molecular flexibility index (Phi) is 8.07. The zero-order valence-corrected chi connectivity index (χ0v) is 18.2. The molecule has 1 N–H and O–H groups in total. The third kappa shape index (κ3) is 5.58. The molecule has 0 radical (unpaired) electrons. The summed E-state index contributed by atoms with van der Waals surface area (Å²) in [5.41, 5.74) is 0.927. The van der Waals surface area contributed by atoms with Gasteiger partial charge in [0.1, 0.15) is 5.76 Å². The highest BCUT2D eigenvalue weighted by Gasteiger charge is 2.35. The zero-order chi connectivity index (χ0) is 20.6. The standard InChI is InChI=1S/C23H31NO4S/c1-3-6-18(24-28-21(7-4-2)22-8-5-13-29-22)23-19(25)14-17(15-20(23)26)16-9-11-27-12-10-16/h5,7-8,13,16-17,25H,3-4,6,9-12,14-15H2,1-2H3/b21-7-,24-18?. The van der Waals surface area contributed by atoms with Gasteiger partial charge in [0.15, 0.2) is 11.5 Å². The molecule has 2 aliphatic rings. The highest BCUT2D eigenvalue weighted by atomic mass is 32.1. The second-order valence-corrected chi connectivity index (χ2v) is 8.64. The molecule has 2 heterocycles. The smallest absolute Gasteiger partial charge is 0.171 e. The Morgan fingerprint density at radius 1 is 1.31 bits per heavy atom. The molecule has 1 aromatic rings. The average Bonchev–Trinajstić information content (AvgIpc) is 3.25. The van der Waals surface area contributed by atoms with Gasteiger partial charge in [-0.2, -0.15) is 0 Å². The third-order valence-corrected chi connectivity index (χ3v) is 6.47. The summed E-state index contributed by atoms with van der Waals surface area (Å²) in [5, 5.41) is 17.1. The summed E-state index contributed by atoms with van der Waals surface area (Å²) in [6, 6.07) is 3.96. The number of rotatable bonds is 8. The van der Waals surface area contributed by atoms with Gasteiger partial charge < -0.3 is 14.7 Å². The molecule has 158 valence electrons. The van der Waals surface area contributed by atoms with E-state index in [9.17, 15) is 9.90 Å². The van der Waals surface area contributed by atoms with E-state index in [1.807, 2.05) is 37.4 Å². The first-order valence-electron chi connectivity index (χ1n) is 10.6. The topological polar surface area (TPSA) is 68.1 Å². The maximum absolute atomic E-state index is 13.0. The number of hydrogen-bond acceptors (Lipinski definition) is 6. The zero-order valence-electron chi connectivity index (χ0n) is 17.4. The van der Waals surface area contributed by atoms with Crippen LogP contribution in [0.1, 0.15) is 63.7 Å². The summed E-state index contributed by atoms with van der Waals surface area (Å²) in [7, 11) is 0. The number of nitrogens with zero attached hydrogens (tertiary/aromatic N) is 1. The lowest BCUT2D eigenvalue weighted by molar-refractivity contribution is -0.117. The second kappa shape index (κ2) is 10.7. The largest absolute Gasteiger partial charge is 0.511 e. The predicted octanol–water partition coefficient (Wildman–Crippen LogP) is 5.89. The Morgan fingerprint density at radius 3 is 2.72 bits per heavy atom. The number of ether oxygens (including phenoxy) is 1. The second-order valence-electron chi connectivity index (χ2n) is 7.70. The van der Waals surface area contributed by atoms with Crippen molar-refractivity contribution in [3.63, 3.8) is 0 Å². The molecule has 0 saturated carbocycles. The van der Waals surface area contributed by atoms with Crippen molar-refractivity contribution in [2.45, 2.75) is 58.8 Å². The van der Waals surface area contributed by atoms with E-state index in [1.165, 1.54) is 0 Å². The minimum absolute atomic E-state index is 0.0156. The number of aliphatic hydroxyl groups is 1. The number of oxime groups is 1. The van der Waals surface area contributed by atoms with Crippen molar-refractivity contribution >= 4 is 28.6 Å². The summed E-state index contributed by atoms with van der Waals surface area (Å²) in [5.74, 6) is 1.49. The van der Waals surface area contributed by atoms with Crippen LogP contribution in [0, 0.1) is 11.8 Å². The summed E-state index contributed by atoms with van der Waals surface area (Å²) >= 11 is 1.59. The Hall–Kier alpha value is -1.92. The summed E-state index contributed by atoms with van der Waals surface area (Å²) in [6.07, 6.45) is 7.16. The lowest BCUT2D eigenvalue weighted by Gasteiger charge is -2.33. The van der Waals surface area contributed by atoms with E-state index < -0.39 is 0 Å². The van der Waals surface area contributed by atoms with Gasteiger partial charge in [0.2, 0.25) is 0 Å². The SMILES string of the molecule is CC/C=C(\ON=C(CCC)C1=C(O)CC(C2CCOCC2)CC1=O)c1cccs1. The van der Waals surface area contributed by atoms with Crippen LogP contribution in [0.15, 0.2) is 40.1 Å². The van der Waals surface area contributed by atoms with Crippen molar-refractivity contribution in [2.75, 3.05) is 13.2 Å². The van der Waals surface area contributed by atoms with Crippen LogP contribution in [0.4, 0.5) is 0 Å². The highest BCUT2D eigenvalue weighted by Crippen LogP contribution is 2.36. The van der Waals surface area contributed by atoms with Gasteiger partial charge in [0, 0.05) is 26.1 Å². The molecule has 0 amide bonds. The number of hydrogen-bond donors (Lipinski definition) is 1. The average molecular weight is 418 g/mol. The van der Waals surface area contributed by atoms with Crippen molar-refractivity contribution in [2.24, 2.45) is 17.0 Å². The lowest BCUT2D eigenvalue weighted by Crippen LogP contribution is -2.31. The molecule has 1 fully saturated rings. The molecule has 5 nitrogen and oxygen atoms in total. The fourth-order valence-electron chi connectivity index (χ4n) is 4.12. The number of carbonyl (C=O) groups is 1. The van der Waals surface area contributed by atoms with Crippen LogP contribution in [-0.2, 0) is 14.4 Å². The monoisotopic (exact) mass is 417 g/mol. The van der Waals surface area contributed by atoms with E-state index in [-0.39, 0.29) is 17.5 Å². The van der Waals surface area contributed by atoms with E-state index in [0.29, 0.717) is 42.2 Å². The highest BCUT2D eigenvalue weighted by molar-refractivity contribution is 7.11. The van der Waals surface area contributed by atoms with E-state index in [1.54, 1.807) is 11.3 Å². The number of aliphatic hydroxyl groups excluding tert-OH is 1.